The molecule has 0 bridgehead atoms. The highest BCUT2D eigenvalue weighted by Gasteiger charge is 2.05. The van der Waals surface area contributed by atoms with Gasteiger partial charge >= 0.3 is 0 Å². The summed E-state index contributed by atoms with van der Waals surface area (Å²) >= 11 is 0. The summed E-state index contributed by atoms with van der Waals surface area (Å²) in [4.78, 5) is 20.1. The van der Waals surface area contributed by atoms with Gasteiger partial charge in [0.1, 0.15) is 17.9 Å². The molecule has 0 spiro atoms. The highest BCUT2D eigenvalue weighted by Crippen LogP contribution is 2.11. The minimum Gasteiger partial charge on any atom is -0.469 e. The zero-order chi connectivity index (χ0) is 14.5. The molecule has 0 radical (unpaired) electrons. The SMILES string of the molecule is O=C(CCc1ccco1)Nc1ccc(-n2ccnc2)nc1. The molecule has 21 heavy (non-hydrogen) atoms. The van der Waals surface area contributed by atoms with Gasteiger partial charge in [0.15, 0.2) is 0 Å². The Morgan fingerprint density at radius 2 is 2.29 bits per heavy atom. The molecule has 0 fully saturated rings. The second-order valence-electron chi connectivity index (χ2n) is 4.50. The maximum absolute atomic E-state index is 11.8. The smallest absolute Gasteiger partial charge is 0.224 e. The molecule has 6 heteroatoms. The molecule has 1 N–H and O–H groups in total. The summed E-state index contributed by atoms with van der Waals surface area (Å²) in [5.41, 5.74) is 0.670. The third-order valence-electron chi connectivity index (χ3n) is 2.98. The molecule has 1 amide bonds. The lowest BCUT2D eigenvalue weighted by atomic mass is 10.2. The Morgan fingerprint density at radius 1 is 1.33 bits per heavy atom. The first kappa shape index (κ1) is 13.1. The molecule has 3 aromatic heterocycles. The van der Waals surface area contributed by atoms with Crippen LogP contribution >= 0.6 is 0 Å². The van der Waals surface area contributed by atoms with Crippen molar-refractivity contribution in [2.75, 3.05) is 5.32 Å². The molecule has 0 aromatic carbocycles. The number of imidazole rings is 1. The van der Waals surface area contributed by atoms with Crippen molar-refractivity contribution in [2.45, 2.75) is 12.8 Å². The molecular weight excluding hydrogens is 268 g/mol. The van der Waals surface area contributed by atoms with Crippen LogP contribution in [0.2, 0.25) is 0 Å². The average Bonchev–Trinajstić information content (AvgIpc) is 3.19. The van der Waals surface area contributed by atoms with Crippen LogP contribution < -0.4 is 5.32 Å². The Balaban J connectivity index is 1.56. The van der Waals surface area contributed by atoms with E-state index in [0.717, 1.165) is 11.6 Å². The number of aryl methyl sites for hydroxylation is 1. The number of carbonyl (C=O) groups is 1. The fourth-order valence-corrected chi connectivity index (χ4v) is 1.92. The van der Waals surface area contributed by atoms with Gasteiger partial charge in [-0.2, -0.15) is 0 Å². The molecule has 0 aliphatic carbocycles. The fourth-order valence-electron chi connectivity index (χ4n) is 1.92. The summed E-state index contributed by atoms with van der Waals surface area (Å²) in [6.07, 6.45) is 9.35. The maximum atomic E-state index is 11.8. The first-order valence-corrected chi connectivity index (χ1v) is 6.58. The van der Waals surface area contributed by atoms with E-state index in [2.05, 4.69) is 15.3 Å². The number of hydrogen-bond acceptors (Lipinski definition) is 4. The minimum absolute atomic E-state index is 0.0661. The first-order valence-electron chi connectivity index (χ1n) is 6.58. The summed E-state index contributed by atoms with van der Waals surface area (Å²) in [5, 5.41) is 2.81. The number of amides is 1. The maximum Gasteiger partial charge on any atom is 0.224 e. The van der Waals surface area contributed by atoms with Crippen LogP contribution in [-0.4, -0.2) is 20.4 Å². The predicted octanol–water partition coefficient (Wildman–Crippen LogP) is 2.43. The van der Waals surface area contributed by atoms with Crippen molar-refractivity contribution in [1.29, 1.82) is 0 Å². The Hall–Kier alpha value is -2.89. The number of nitrogens with zero attached hydrogens (tertiary/aromatic N) is 3. The van der Waals surface area contributed by atoms with Gasteiger partial charge in [0.25, 0.3) is 0 Å². The van der Waals surface area contributed by atoms with Gasteiger partial charge in [-0.25, -0.2) is 9.97 Å². The predicted molar refractivity (Wildman–Crippen MR) is 77.0 cm³/mol. The van der Waals surface area contributed by atoms with Gasteiger partial charge in [-0.1, -0.05) is 0 Å². The highest BCUT2D eigenvalue weighted by atomic mass is 16.3. The van der Waals surface area contributed by atoms with Crippen molar-refractivity contribution in [3.8, 4) is 5.82 Å². The number of carbonyl (C=O) groups excluding carboxylic acids is 1. The van der Waals surface area contributed by atoms with Gasteiger partial charge in [0.2, 0.25) is 5.91 Å². The molecule has 3 heterocycles. The van der Waals surface area contributed by atoms with Crippen LogP contribution in [0.5, 0.6) is 0 Å². The molecule has 0 atom stereocenters. The fraction of sp³-hybridized carbons (Fsp3) is 0.133. The third-order valence-corrected chi connectivity index (χ3v) is 2.98. The third kappa shape index (κ3) is 3.36. The molecule has 6 nitrogen and oxygen atoms in total. The minimum atomic E-state index is -0.0661. The molecule has 0 saturated heterocycles. The van der Waals surface area contributed by atoms with Gasteiger partial charge in [-0.3, -0.25) is 9.36 Å². The second kappa shape index (κ2) is 6.04. The zero-order valence-electron chi connectivity index (χ0n) is 11.3. The molecule has 3 rings (SSSR count). The topological polar surface area (TPSA) is 73.0 Å². The lowest BCUT2D eigenvalue weighted by Gasteiger charge is -2.06. The number of hydrogen-bond donors (Lipinski definition) is 1. The van der Waals surface area contributed by atoms with E-state index in [1.54, 1.807) is 29.6 Å². The number of aromatic nitrogens is 3. The van der Waals surface area contributed by atoms with Gasteiger partial charge in [0, 0.05) is 25.2 Å². The zero-order valence-corrected chi connectivity index (χ0v) is 11.3. The lowest BCUT2D eigenvalue weighted by molar-refractivity contribution is -0.116. The van der Waals surface area contributed by atoms with Crippen molar-refractivity contribution in [3.63, 3.8) is 0 Å². The van der Waals surface area contributed by atoms with Crippen LogP contribution in [-0.2, 0) is 11.2 Å². The number of anilines is 1. The molecule has 0 saturated carbocycles. The van der Waals surface area contributed by atoms with E-state index in [-0.39, 0.29) is 5.91 Å². The highest BCUT2D eigenvalue weighted by molar-refractivity contribution is 5.90. The van der Waals surface area contributed by atoms with Crippen LogP contribution in [0.15, 0.2) is 59.9 Å². The van der Waals surface area contributed by atoms with Crippen LogP contribution in [0.3, 0.4) is 0 Å². The number of nitrogens with one attached hydrogen (secondary N) is 1. The number of pyridine rings is 1. The van der Waals surface area contributed by atoms with Crippen molar-refractivity contribution in [3.05, 3.63) is 61.2 Å². The van der Waals surface area contributed by atoms with E-state index in [4.69, 9.17) is 4.42 Å². The van der Waals surface area contributed by atoms with Crippen LogP contribution in [0.1, 0.15) is 12.2 Å². The number of rotatable bonds is 5. The van der Waals surface area contributed by atoms with E-state index in [0.29, 0.717) is 18.5 Å². The van der Waals surface area contributed by atoms with Crippen molar-refractivity contribution >= 4 is 11.6 Å². The van der Waals surface area contributed by atoms with E-state index in [9.17, 15) is 4.79 Å². The van der Waals surface area contributed by atoms with Crippen molar-refractivity contribution < 1.29 is 9.21 Å². The summed E-state index contributed by atoms with van der Waals surface area (Å²) < 4.78 is 6.98. The molecule has 3 aromatic rings. The summed E-state index contributed by atoms with van der Waals surface area (Å²) in [6.45, 7) is 0. The van der Waals surface area contributed by atoms with Crippen LogP contribution in [0, 0.1) is 0 Å². The van der Waals surface area contributed by atoms with E-state index in [1.165, 1.54) is 0 Å². The van der Waals surface area contributed by atoms with Crippen molar-refractivity contribution in [1.82, 2.24) is 14.5 Å². The Labute approximate surface area is 121 Å². The van der Waals surface area contributed by atoms with Gasteiger partial charge in [-0.15, -0.1) is 0 Å². The van der Waals surface area contributed by atoms with E-state index >= 15 is 0 Å². The van der Waals surface area contributed by atoms with Crippen LogP contribution in [0.4, 0.5) is 5.69 Å². The van der Waals surface area contributed by atoms with Crippen molar-refractivity contribution in [2.24, 2.45) is 0 Å². The average molecular weight is 282 g/mol. The largest absolute Gasteiger partial charge is 0.469 e. The summed E-state index contributed by atoms with van der Waals surface area (Å²) in [6, 6.07) is 7.30. The van der Waals surface area contributed by atoms with E-state index < -0.39 is 0 Å². The normalized spacial score (nSPS) is 10.5. The molecular formula is C15H14N4O2. The summed E-state index contributed by atoms with van der Waals surface area (Å²) in [5.74, 6) is 1.49. The molecule has 0 aliphatic heterocycles. The quantitative estimate of drug-likeness (QED) is 0.780. The van der Waals surface area contributed by atoms with Gasteiger partial charge in [-0.05, 0) is 24.3 Å². The van der Waals surface area contributed by atoms with Gasteiger partial charge < -0.3 is 9.73 Å². The van der Waals surface area contributed by atoms with E-state index in [1.807, 2.05) is 30.5 Å². The lowest BCUT2D eigenvalue weighted by Crippen LogP contribution is -2.12. The number of furan rings is 1. The first-order chi connectivity index (χ1) is 10.3. The molecule has 106 valence electrons. The van der Waals surface area contributed by atoms with Gasteiger partial charge in [0.05, 0.1) is 18.1 Å². The molecule has 0 aliphatic rings. The Kier molecular flexibility index (Phi) is 3.77. The second-order valence-corrected chi connectivity index (χ2v) is 4.50. The Morgan fingerprint density at radius 3 is 2.95 bits per heavy atom. The Bertz CT molecular complexity index is 688. The summed E-state index contributed by atoms with van der Waals surface area (Å²) in [7, 11) is 0. The molecule has 0 unspecified atom stereocenters. The monoisotopic (exact) mass is 282 g/mol. The van der Waals surface area contributed by atoms with Crippen LogP contribution in [0.25, 0.3) is 5.82 Å². The standard InChI is InChI=1S/C15H14N4O2/c20-15(6-4-13-2-1-9-21-13)18-12-3-5-14(17-10-12)19-8-7-16-11-19/h1-3,5,7-11H,4,6H2,(H,18,20).